The largest absolute Gasteiger partial charge is 0.398 e. The average molecular weight is 254 g/mol. The summed E-state index contributed by atoms with van der Waals surface area (Å²) in [5, 5.41) is 2.14. The van der Waals surface area contributed by atoms with Gasteiger partial charge in [0.2, 0.25) is 0 Å². The molecule has 3 rings (SSSR count). The maximum absolute atomic E-state index is 12.6. The van der Waals surface area contributed by atoms with Crippen molar-refractivity contribution in [1.29, 1.82) is 0 Å². The fourth-order valence-electron chi connectivity index (χ4n) is 2.83. The fraction of sp³-hybridized carbons (Fsp3) is 0.312. The molecule has 2 aromatic carbocycles. The number of nitrogens with zero attached hydrogens (tertiary/aromatic N) is 1. The zero-order valence-corrected chi connectivity index (χ0v) is 11.1. The van der Waals surface area contributed by atoms with Crippen molar-refractivity contribution in [1.82, 2.24) is 4.90 Å². The Morgan fingerprint density at radius 1 is 1.26 bits per heavy atom. The van der Waals surface area contributed by atoms with Gasteiger partial charge in [0.15, 0.2) is 0 Å². The molecule has 1 saturated heterocycles. The molecule has 2 aromatic rings. The first kappa shape index (κ1) is 12.0. The molecular weight excluding hydrogens is 236 g/mol. The van der Waals surface area contributed by atoms with Gasteiger partial charge in [0.1, 0.15) is 0 Å². The highest BCUT2D eigenvalue weighted by atomic mass is 16.2. The predicted molar refractivity (Wildman–Crippen MR) is 78.1 cm³/mol. The lowest BCUT2D eigenvalue weighted by atomic mass is 10.0. The molecule has 2 N–H and O–H groups in total. The summed E-state index contributed by atoms with van der Waals surface area (Å²) in [5.41, 5.74) is 7.26. The third-order valence-electron chi connectivity index (χ3n) is 3.96. The average Bonchev–Trinajstić information content (AvgIpc) is 2.83. The van der Waals surface area contributed by atoms with Crippen LogP contribution in [0.1, 0.15) is 30.1 Å². The van der Waals surface area contributed by atoms with Crippen LogP contribution in [0.3, 0.4) is 0 Å². The van der Waals surface area contributed by atoms with Crippen LogP contribution in [0.15, 0.2) is 36.4 Å². The summed E-state index contributed by atoms with van der Waals surface area (Å²) in [6.45, 7) is 2.94. The van der Waals surface area contributed by atoms with Crippen molar-refractivity contribution in [3.63, 3.8) is 0 Å². The summed E-state index contributed by atoms with van der Waals surface area (Å²) in [6.07, 6.45) is 2.17. The number of nitrogens with two attached hydrogens (primary N) is 1. The van der Waals surface area contributed by atoms with Crippen LogP contribution >= 0.6 is 0 Å². The van der Waals surface area contributed by atoms with Crippen molar-refractivity contribution in [2.75, 3.05) is 12.3 Å². The number of fused-ring (bicyclic) bond motifs is 1. The summed E-state index contributed by atoms with van der Waals surface area (Å²) in [6, 6.07) is 12.1. The van der Waals surface area contributed by atoms with Gasteiger partial charge in [-0.2, -0.15) is 0 Å². The lowest BCUT2D eigenvalue weighted by Gasteiger charge is -2.22. The molecule has 19 heavy (non-hydrogen) atoms. The number of rotatable bonds is 1. The molecule has 0 aromatic heterocycles. The van der Waals surface area contributed by atoms with E-state index >= 15 is 0 Å². The van der Waals surface area contributed by atoms with Gasteiger partial charge in [-0.05, 0) is 42.7 Å². The molecule has 0 radical (unpaired) electrons. The number of benzene rings is 2. The van der Waals surface area contributed by atoms with Crippen LogP contribution in [0.5, 0.6) is 0 Å². The van der Waals surface area contributed by atoms with Crippen molar-refractivity contribution < 1.29 is 4.79 Å². The topological polar surface area (TPSA) is 46.3 Å². The molecule has 0 saturated carbocycles. The molecule has 0 aliphatic carbocycles. The number of likely N-dealkylation sites (tertiary alicyclic amines) is 1. The molecule has 0 spiro atoms. The number of nitrogen functional groups attached to an aromatic ring is 1. The van der Waals surface area contributed by atoms with Crippen molar-refractivity contribution in [2.45, 2.75) is 25.8 Å². The van der Waals surface area contributed by atoms with E-state index in [0.717, 1.165) is 30.2 Å². The van der Waals surface area contributed by atoms with Crippen molar-refractivity contribution in [3.8, 4) is 0 Å². The third-order valence-corrected chi connectivity index (χ3v) is 3.96. The summed E-state index contributed by atoms with van der Waals surface area (Å²) in [5.74, 6) is 0.0632. The summed E-state index contributed by atoms with van der Waals surface area (Å²) in [7, 11) is 0. The molecule has 0 bridgehead atoms. The Bertz CT molecular complexity index is 636. The standard InChI is InChI=1S/C16H18N2O/c1-11-5-4-8-18(11)16(19)14-9-12-6-2-3-7-13(12)10-15(14)17/h2-3,6-7,9-11H,4-5,8,17H2,1H3/t11-/m0/s1. The zero-order chi connectivity index (χ0) is 13.4. The van der Waals surface area contributed by atoms with Crippen LogP contribution in [0.2, 0.25) is 0 Å². The number of anilines is 1. The van der Waals surface area contributed by atoms with E-state index in [2.05, 4.69) is 6.92 Å². The minimum absolute atomic E-state index is 0.0632. The Morgan fingerprint density at radius 3 is 2.58 bits per heavy atom. The van der Waals surface area contributed by atoms with Gasteiger partial charge in [0.25, 0.3) is 5.91 Å². The minimum atomic E-state index is 0.0632. The van der Waals surface area contributed by atoms with E-state index in [0.29, 0.717) is 17.3 Å². The van der Waals surface area contributed by atoms with E-state index in [-0.39, 0.29) is 5.91 Å². The SMILES string of the molecule is C[C@H]1CCCN1C(=O)c1cc2ccccc2cc1N. The van der Waals surface area contributed by atoms with E-state index < -0.39 is 0 Å². The molecule has 1 amide bonds. The van der Waals surface area contributed by atoms with Gasteiger partial charge >= 0.3 is 0 Å². The molecular formula is C16H18N2O. The monoisotopic (exact) mass is 254 g/mol. The van der Waals surface area contributed by atoms with Crippen LogP contribution in [0.4, 0.5) is 5.69 Å². The molecule has 98 valence electrons. The van der Waals surface area contributed by atoms with Crippen LogP contribution in [0.25, 0.3) is 10.8 Å². The highest BCUT2D eigenvalue weighted by Gasteiger charge is 2.27. The molecule has 3 nitrogen and oxygen atoms in total. The fourth-order valence-corrected chi connectivity index (χ4v) is 2.83. The lowest BCUT2D eigenvalue weighted by molar-refractivity contribution is 0.0748. The summed E-state index contributed by atoms with van der Waals surface area (Å²) >= 11 is 0. The number of carbonyl (C=O) groups excluding carboxylic acids is 1. The van der Waals surface area contributed by atoms with Crippen LogP contribution < -0.4 is 5.73 Å². The van der Waals surface area contributed by atoms with Gasteiger partial charge in [-0.25, -0.2) is 0 Å². The predicted octanol–water partition coefficient (Wildman–Crippen LogP) is 3.05. The number of amides is 1. The molecule has 1 aliphatic heterocycles. The Hall–Kier alpha value is -2.03. The number of hydrogen-bond acceptors (Lipinski definition) is 2. The smallest absolute Gasteiger partial charge is 0.256 e. The van der Waals surface area contributed by atoms with Crippen LogP contribution in [-0.2, 0) is 0 Å². The molecule has 1 heterocycles. The minimum Gasteiger partial charge on any atom is -0.398 e. The zero-order valence-electron chi connectivity index (χ0n) is 11.1. The molecule has 1 atom stereocenters. The number of carbonyl (C=O) groups is 1. The molecule has 1 aliphatic rings. The van der Waals surface area contributed by atoms with Crippen molar-refractivity contribution in [3.05, 3.63) is 42.0 Å². The Kier molecular flexibility index (Phi) is 2.90. The van der Waals surface area contributed by atoms with Gasteiger partial charge < -0.3 is 10.6 Å². The Morgan fingerprint density at radius 2 is 1.95 bits per heavy atom. The first-order chi connectivity index (χ1) is 9.16. The van der Waals surface area contributed by atoms with Crippen LogP contribution in [-0.4, -0.2) is 23.4 Å². The second-order valence-electron chi connectivity index (χ2n) is 5.28. The van der Waals surface area contributed by atoms with Gasteiger partial charge in [-0.3, -0.25) is 4.79 Å². The van der Waals surface area contributed by atoms with E-state index in [9.17, 15) is 4.79 Å². The van der Waals surface area contributed by atoms with E-state index in [1.807, 2.05) is 41.3 Å². The quantitative estimate of drug-likeness (QED) is 0.795. The first-order valence-corrected chi connectivity index (χ1v) is 6.76. The van der Waals surface area contributed by atoms with Crippen molar-refractivity contribution in [2.24, 2.45) is 0 Å². The molecule has 1 fully saturated rings. The van der Waals surface area contributed by atoms with Crippen LogP contribution in [0, 0.1) is 0 Å². The van der Waals surface area contributed by atoms with Gasteiger partial charge in [0, 0.05) is 18.3 Å². The summed E-state index contributed by atoms with van der Waals surface area (Å²) in [4.78, 5) is 14.5. The second-order valence-corrected chi connectivity index (χ2v) is 5.28. The van der Waals surface area contributed by atoms with Gasteiger partial charge in [-0.1, -0.05) is 24.3 Å². The van der Waals surface area contributed by atoms with E-state index in [1.165, 1.54) is 0 Å². The molecule has 0 unspecified atom stereocenters. The Balaban J connectivity index is 2.04. The third kappa shape index (κ3) is 2.05. The second kappa shape index (κ2) is 4.57. The summed E-state index contributed by atoms with van der Waals surface area (Å²) < 4.78 is 0. The maximum Gasteiger partial charge on any atom is 0.256 e. The van der Waals surface area contributed by atoms with Gasteiger partial charge in [-0.15, -0.1) is 0 Å². The maximum atomic E-state index is 12.6. The first-order valence-electron chi connectivity index (χ1n) is 6.76. The number of hydrogen-bond donors (Lipinski definition) is 1. The highest BCUT2D eigenvalue weighted by molar-refractivity contribution is 6.04. The lowest BCUT2D eigenvalue weighted by Crippen LogP contribution is -2.34. The van der Waals surface area contributed by atoms with Gasteiger partial charge in [0.05, 0.1) is 5.56 Å². The van der Waals surface area contributed by atoms with E-state index in [4.69, 9.17) is 5.73 Å². The van der Waals surface area contributed by atoms with E-state index in [1.54, 1.807) is 0 Å². The normalized spacial score (nSPS) is 19.0. The highest BCUT2D eigenvalue weighted by Crippen LogP contribution is 2.26. The molecule has 3 heteroatoms. The van der Waals surface area contributed by atoms with Crippen molar-refractivity contribution >= 4 is 22.4 Å². The Labute approximate surface area is 113 Å².